The number of hydrogen-bond donors (Lipinski definition) is 1. The van der Waals surface area contributed by atoms with Crippen LogP contribution in [-0.2, 0) is 0 Å². The van der Waals surface area contributed by atoms with Gasteiger partial charge in [-0.25, -0.2) is 4.39 Å². The van der Waals surface area contributed by atoms with Gasteiger partial charge in [0.25, 0.3) is 0 Å². The molecule has 0 spiro atoms. The van der Waals surface area contributed by atoms with Crippen LogP contribution in [0.25, 0.3) is 0 Å². The van der Waals surface area contributed by atoms with Crippen molar-refractivity contribution in [3.05, 3.63) is 11.6 Å². The fraction of sp³-hybridized carbons (Fsp3) is 0.846. The lowest BCUT2D eigenvalue weighted by molar-refractivity contribution is 0.210. The molecule has 0 aromatic carbocycles. The zero-order valence-corrected chi connectivity index (χ0v) is 9.47. The van der Waals surface area contributed by atoms with E-state index in [1.807, 2.05) is 0 Å². The monoisotopic (exact) mass is 211 g/mol. The molecule has 86 valence electrons. The predicted octanol–water partition coefficient (Wildman–Crippen LogP) is 3.49. The highest BCUT2D eigenvalue weighted by atomic mass is 19.1. The van der Waals surface area contributed by atoms with Crippen LogP contribution in [0.2, 0.25) is 0 Å². The number of alkyl halides is 1. The van der Waals surface area contributed by atoms with Gasteiger partial charge in [-0.2, -0.15) is 0 Å². The SMILES string of the molecule is NC1CCC(F)(C2=CCCCCCC2)C1. The molecule has 0 amide bonds. The second-order valence-electron chi connectivity index (χ2n) is 5.15. The Hall–Kier alpha value is -0.370. The average Bonchev–Trinajstić information content (AvgIpc) is 2.46. The van der Waals surface area contributed by atoms with E-state index >= 15 is 0 Å². The Labute approximate surface area is 91.9 Å². The minimum Gasteiger partial charge on any atom is -0.328 e. The highest BCUT2D eigenvalue weighted by Gasteiger charge is 2.40. The van der Waals surface area contributed by atoms with Crippen LogP contribution in [0.4, 0.5) is 4.39 Å². The Morgan fingerprint density at radius 3 is 2.80 bits per heavy atom. The van der Waals surface area contributed by atoms with E-state index in [0.717, 1.165) is 31.3 Å². The van der Waals surface area contributed by atoms with Crippen LogP contribution in [0, 0.1) is 0 Å². The first kappa shape index (κ1) is 11.1. The van der Waals surface area contributed by atoms with Crippen LogP contribution in [0.1, 0.15) is 57.8 Å². The van der Waals surface area contributed by atoms with E-state index in [0.29, 0.717) is 12.8 Å². The molecule has 2 rings (SSSR count). The molecule has 0 aromatic heterocycles. The molecule has 2 atom stereocenters. The molecule has 0 aliphatic heterocycles. The van der Waals surface area contributed by atoms with Crippen LogP contribution in [0.15, 0.2) is 11.6 Å². The normalized spacial score (nSPS) is 38.3. The molecule has 2 heteroatoms. The van der Waals surface area contributed by atoms with E-state index in [1.165, 1.54) is 19.3 Å². The first-order valence-corrected chi connectivity index (χ1v) is 6.35. The van der Waals surface area contributed by atoms with Gasteiger partial charge in [0.1, 0.15) is 5.67 Å². The fourth-order valence-electron chi connectivity index (χ4n) is 2.92. The Balaban J connectivity index is 2.06. The molecule has 0 saturated heterocycles. The van der Waals surface area contributed by atoms with Gasteiger partial charge in [-0.3, -0.25) is 0 Å². The summed E-state index contributed by atoms with van der Waals surface area (Å²) in [6.45, 7) is 0. The molecule has 0 radical (unpaired) electrons. The van der Waals surface area contributed by atoms with Crippen LogP contribution < -0.4 is 5.73 Å². The number of hydrogen-bond acceptors (Lipinski definition) is 1. The van der Waals surface area contributed by atoms with E-state index in [1.54, 1.807) is 0 Å². The van der Waals surface area contributed by atoms with E-state index < -0.39 is 5.67 Å². The van der Waals surface area contributed by atoms with E-state index in [4.69, 9.17) is 5.73 Å². The number of allylic oxidation sites excluding steroid dienone is 2. The number of nitrogens with two attached hydrogens (primary N) is 1. The Kier molecular flexibility index (Phi) is 3.45. The van der Waals surface area contributed by atoms with Crippen molar-refractivity contribution in [1.82, 2.24) is 0 Å². The molecular formula is C13H22FN. The molecule has 0 heterocycles. The smallest absolute Gasteiger partial charge is 0.133 e. The van der Waals surface area contributed by atoms with Crippen molar-refractivity contribution in [1.29, 1.82) is 0 Å². The summed E-state index contributed by atoms with van der Waals surface area (Å²) < 4.78 is 14.6. The molecule has 0 aromatic rings. The summed E-state index contributed by atoms with van der Waals surface area (Å²) in [7, 11) is 0. The fourth-order valence-corrected chi connectivity index (χ4v) is 2.92. The number of rotatable bonds is 1. The maximum atomic E-state index is 14.6. The summed E-state index contributed by atoms with van der Waals surface area (Å²) in [5.74, 6) is 0. The Morgan fingerprint density at radius 2 is 2.07 bits per heavy atom. The van der Waals surface area contributed by atoms with E-state index in [-0.39, 0.29) is 6.04 Å². The molecule has 2 N–H and O–H groups in total. The van der Waals surface area contributed by atoms with Crippen molar-refractivity contribution in [2.75, 3.05) is 0 Å². The Bertz CT molecular complexity index is 249. The summed E-state index contributed by atoms with van der Waals surface area (Å²) in [6, 6.07) is 0.0846. The first-order chi connectivity index (χ1) is 7.21. The minimum atomic E-state index is -1.04. The average molecular weight is 211 g/mol. The van der Waals surface area contributed by atoms with Gasteiger partial charge in [-0.1, -0.05) is 18.9 Å². The molecule has 2 aliphatic carbocycles. The van der Waals surface area contributed by atoms with Crippen molar-refractivity contribution in [2.24, 2.45) is 5.73 Å². The first-order valence-electron chi connectivity index (χ1n) is 6.35. The van der Waals surface area contributed by atoms with Crippen molar-refractivity contribution < 1.29 is 4.39 Å². The molecule has 2 aliphatic rings. The molecular weight excluding hydrogens is 189 g/mol. The lowest BCUT2D eigenvalue weighted by Gasteiger charge is -2.25. The van der Waals surface area contributed by atoms with Crippen molar-refractivity contribution in [3.8, 4) is 0 Å². The molecule has 2 unspecified atom stereocenters. The Morgan fingerprint density at radius 1 is 1.27 bits per heavy atom. The maximum Gasteiger partial charge on any atom is 0.133 e. The van der Waals surface area contributed by atoms with Crippen LogP contribution in [-0.4, -0.2) is 11.7 Å². The summed E-state index contributed by atoms with van der Waals surface area (Å²) in [5, 5.41) is 0. The lowest BCUT2D eigenvalue weighted by atomic mass is 9.87. The van der Waals surface area contributed by atoms with Crippen molar-refractivity contribution in [2.45, 2.75) is 69.5 Å². The van der Waals surface area contributed by atoms with Gasteiger partial charge in [0.05, 0.1) is 0 Å². The van der Waals surface area contributed by atoms with Gasteiger partial charge in [0, 0.05) is 12.5 Å². The van der Waals surface area contributed by atoms with Gasteiger partial charge in [-0.05, 0) is 44.1 Å². The van der Waals surface area contributed by atoms with Gasteiger partial charge in [0.15, 0.2) is 0 Å². The second kappa shape index (κ2) is 4.65. The third-order valence-electron chi connectivity index (χ3n) is 3.86. The molecule has 0 bridgehead atoms. The highest BCUT2D eigenvalue weighted by molar-refractivity contribution is 5.20. The number of halogens is 1. The third kappa shape index (κ3) is 2.60. The quantitative estimate of drug-likeness (QED) is 0.660. The zero-order chi connectivity index (χ0) is 10.7. The highest BCUT2D eigenvalue weighted by Crippen LogP contribution is 2.41. The largest absolute Gasteiger partial charge is 0.328 e. The summed E-state index contributed by atoms with van der Waals surface area (Å²) in [5.41, 5.74) is 5.84. The van der Waals surface area contributed by atoms with Crippen LogP contribution in [0.3, 0.4) is 0 Å². The maximum absolute atomic E-state index is 14.6. The van der Waals surface area contributed by atoms with Crippen molar-refractivity contribution >= 4 is 0 Å². The standard InChI is InChI=1S/C13H22FN/c14-13(9-8-12(15)10-13)11-6-4-2-1-3-5-7-11/h6,12H,1-5,7-10,15H2. The van der Waals surface area contributed by atoms with Gasteiger partial charge in [0.2, 0.25) is 0 Å². The molecule has 1 nitrogen and oxygen atoms in total. The van der Waals surface area contributed by atoms with Crippen LogP contribution in [0.5, 0.6) is 0 Å². The third-order valence-corrected chi connectivity index (χ3v) is 3.86. The summed E-state index contributed by atoms with van der Waals surface area (Å²) >= 11 is 0. The predicted molar refractivity (Wildman–Crippen MR) is 61.5 cm³/mol. The van der Waals surface area contributed by atoms with E-state index in [9.17, 15) is 4.39 Å². The molecule has 1 saturated carbocycles. The van der Waals surface area contributed by atoms with Gasteiger partial charge in [-0.15, -0.1) is 0 Å². The van der Waals surface area contributed by atoms with Gasteiger partial charge >= 0.3 is 0 Å². The summed E-state index contributed by atoms with van der Waals surface area (Å²) in [4.78, 5) is 0. The lowest BCUT2D eigenvalue weighted by Crippen LogP contribution is -2.26. The molecule has 1 fully saturated rings. The van der Waals surface area contributed by atoms with Crippen molar-refractivity contribution in [3.63, 3.8) is 0 Å². The van der Waals surface area contributed by atoms with E-state index in [2.05, 4.69) is 6.08 Å². The summed E-state index contributed by atoms with van der Waals surface area (Å²) in [6.07, 6.45) is 11.2. The second-order valence-corrected chi connectivity index (χ2v) is 5.15. The molecule has 15 heavy (non-hydrogen) atoms. The minimum absolute atomic E-state index is 0.0846. The van der Waals surface area contributed by atoms with Crippen LogP contribution >= 0.6 is 0 Å². The topological polar surface area (TPSA) is 26.0 Å². The zero-order valence-electron chi connectivity index (χ0n) is 9.47. The van der Waals surface area contributed by atoms with Gasteiger partial charge < -0.3 is 5.73 Å².